The number of nitrogens with zero attached hydrogens (tertiary/aromatic N) is 2. The molecule has 0 saturated carbocycles. The van der Waals surface area contributed by atoms with Crippen molar-refractivity contribution in [2.75, 3.05) is 12.0 Å². The van der Waals surface area contributed by atoms with Gasteiger partial charge < -0.3 is 5.32 Å². The van der Waals surface area contributed by atoms with Crippen LogP contribution >= 0.6 is 11.8 Å². The van der Waals surface area contributed by atoms with Crippen molar-refractivity contribution in [3.63, 3.8) is 0 Å². The molecule has 0 saturated heterocycles. The molecule has 0 bridgehead atoms. The van der Waals surface area contributed by atoms with E-state index in [2.05, 4.69) is 10.3 Å². The van der Waals surface area contributed by atoms with E-state index < -0.39 is 0 Å². The molecule has 4 nitrogen and oxygen atoms in total. The normalized spacial score (nSPS) is 15.4. The van der Waals surface area contributed by atoms with Gasteiger partial charge in [-0.1, -0.05) is 0 Å². The van der Waals surface area contributed by atoms with Crippen molar-refractivity contribution in [1.29, 1.82) is 0 Å². The zero-order valence-electron chi connectivity index (χ0n) is 6.12. The maximum absolute atomic E-state index is 11.3. The molecule has 0 unspecified atom stereocenters. The van der Waals surface area contributed by atoms with Gasteiger partial charge >= 0.3 is 0 Å². The number of amides is 1. The van der Waals surface area contributed by atoms with Crippen LogP contribution in [0.2, 0.25) is 0 Å². The van der Waals surface area contributed by atoms with Crippen molar-refractivity contribution in [2.45, 2.75) is 0 Å². The van der Waals surface area contributed by atoms with E-state index in [-0.39, 0.29) is 5.91 Å². The Morgan fingerprint density at radius 3 is 3.33 bits per heavy atom. The smallest absolute Gasteiger partial charge is 0.290 e. The van der Waals surface area contributed by atoms with Gasteiger partial charge in [0.15, 0.2) is 5.69 Å². The number of fused-ring (bicyclic) bond motifs is 1. The Hall–Kier alpha value is -1.29. The summed E-state index contributed by atoms with van der Waals surface area (Å²) in [5, 5.41) is 2.95. The Labute approximate surface area is 74.3 Å². The molecule has 0 radical (unpaired) electrons. The van der Waals surface area contributed by atoms with Crippen LogP contribution < -0.4 is 5.32 Å². The third kappa shape index (κ3) is 1.00. The molecule has 1 aliphatic rings. The van der Waals surface area contributed by atoms with Crippen LogP contribution in [-0.2, 0) is 0 Å². The van der Waals surface area contributed by atoms with Crippen LogP contribution in [0.5, 0.6) is 0 Å². The molecule has 1 aromatic rings. The van der Waals surface area contributed by atoms with E-state index in [0.29, 0.717) is 12.4 Å². The fraction of sp³-hybridized carbons (Fsp3) is 0.143. The fourth-order valence-corrected chi connectivity index (χ4v) is 1.20. The summed E-state index contributed by atoms with van der Waals surface area (Å²) in [6, 6.07) is 3.56. The van der Waals surface area contributed by atoms with Gasteiger partial charge in [0.1, 0.15) is 6.67 Å². The Bertz CT molecular complexity index is 328. The van der Waals surface area contributed by atoms with E-state index in [9.17, 15) is 4.79 Å². The average molecular weight is 184 g/mol. The van der Waals surface area contributed by atoms with Gasteiger partial charge in [-0.3, -0.25) is 4.79 Å². The Balaban J connectivity index is 2.49. The lowest BCUT2D eigenvalue weighted by molar-refractivity contribution is 0.0858. The molecule has 2 rings (SSSR count). The molecule has 0 aliphatic carbocycles. The molecular formula is C7H6ClN3O. The Kier molecular flexibility index (Phi) is 1.62. The zero-order valence-corrected chi connectivity index (χ0v) is 6.88. The number of pyridine rings is 1. The van der Waals surface area contributed by atoms with Crippen molar-refractivity contribution in [1.82, 2.24) is 9.40 Å². The molecule has 1 aliphatic heterocycles. The number of rotatable bonds is 0. The highest BCUT2D eigenvalue weighted by Crippen LogP contribution is 2.19. The summed E-state index contributed by atoms with van der Waals surface area (Å²) in [6.07, 6.45) is 1.56. The molecular weight excluding hydrogens is 178 g/mol. The third-order valence-corrected chi connectivity index (χ3v) is 1.91. The molecule has 1 amide bonds. The second-order valence-electron chi connectivity index (χ2n) is 2.40. The Morgan fingerprint density at radius 2 is 2.50 bits per heavy atom. The first-order chi connectivity index (χ1) is 5.79. The summed E-state index contributed by atoms with van der Waals surface area (Å²) in [5.74, 6) is -0.258. The predicted molar refractivity (Wildman–Crippen MR) is 44.7 cm³/mol. The molecule has 2 heterocycles. The lowest BCUT2D eigenvalue weighted by atomic mass is 10.2. The van der Waals surface area contributed by atoms with Crippen LogP contribution in [0.1, 0.15) is 10.5 Å². The van der Waals surface area contributed by atoms with Gasteiger partial charge in [0.2, 0.25) is 0 Å². The van der Waals surface area contributed by atoms with Crippen LogP contribution in [-0.4, -0.2) is 22.0 Å². The highest BCUT2D eigenvalue weighted by atomic mass is 35.5. The van der Waals surface area contributed by atoms with E-state index in [1.807, 2.05) is 0 Å². The molecule has 62 valence electrons. The van der Waals surface area contributed by atoms with E-state index in [0.717, 1.165) is 10.1 Å². The van der Waals surface area contributed by atoms with Gasteiger partial charge in [-0.15, -0.1) is 0 Å². The minimum Gasteiger partial charge on any atom is -0.365 e. The van der Waals surface area contributed by atoms with Crippen LogP contribution in [0.4, 0.5) is 5.69 Å². The van der Waals surface area contributed by atoms with Crippen molar-refractivity contribution >= 4 is 23.4 Å². The highest BCUT2D eigenvalue weighted by Gasteiger charge is 2.23. The first-order valence-corrected chi connectivity index (χ1v) is 3.79. The summed E-state index contributed by atoms with van der Waals surface area (Å²) in [6.45, 7) is 0.319. The molecule has 5 heteroatoms. The van der Waals surface area contributed by atoms with Crippen LogP contribution in [0.15, 0.2) is 18.3 Å². The first-order valence-electron chi connectivity index (χ1n) is 3.45. The second-order valence-corrected chi connectivity index (χ2v) is 2.81. The summed E-state index contributed by atoms with van der Waals surface area (Å²) in [5.41, 5.74) is 1.11. The monoisotopic (exact) mass is 183 g/mol. The molecule has 0 fully saturated rings. The number of carbonyl (C=O) groups excluding carboxylic acids is 1. The molecule has 0 spiro atoms. The van der Waals surface area contributed by atoms with Crippen LogP contribution in [0.3, 0.4) is 0 Å². The average Bonchev–Trinajstić information content (AvgIpc) is 2.12. The minimum atomic E-state index is -0.258. The number of halogens is 1. The molecule has 0 aromatic carbocycles. The lowest BCUT2D eigenvalue weighted by Crippen LogP contribution is -2.33. The number of anilines is 1. The SMILES string of the molecule is O=C1c2ncccc2NCN1Cl. The maximum atomic E-state index is 11.3. The summed E-state index contributed by atoms with van der Waals surface area (Å²) in [7, 11) is 0. The highest BCUT2D eigenvalue weighted by molar-refractivity contribution is 6.25. The fourth-order valence-electron chi connectivity index (χ4n) is 1.06. The van der Waals surface area contributed by atoms with Crippen molar-refractivity contribution in [3.05, 3.63) is 24.0 Å². The summed E-state index contributed by atoms with van der Waals surface area (Å²) >= 11 is 5.58. The van der Waals surface area contributed by atoms with Gasteiger partial charge in [0.05, 0.1) is 5.69 Å². The minimum absolute atomic E-state index is 0.258. The zero-order chi connectivity index (χ0) is 8.55. The predicted octanol–water partition coefficient (Wildman–Crippen LogP) is 1.06. The van der Waals surface area contributed by atoms with E-state index in [4.69, 9.17) is 11.8 Å². The lowest BCUT2D eigenvalue weighted by Gasteiger charge is -2.22. The van der Waals surface area contributed by atoms with E-state index >= 15 is 0 Å². The maximum Gasteiger partial charge on any atom is 0.290 e. The quantitative estimate of drug-likeness (QED) is 0.612. The van der Waals surface area contributed by atoms with Crippen molar-refractivity contribution in [2.24, 2.45) is 0 Å². The number of nitrogens with one attached hydrogen (secondary N) is 1. The molecule has 1 N–H and O–H groups in total. The number of carbonyl (C=O) groups is 1. The third-order valence-electron chi connectivity index (χ3n) is 1.64. The van der Waals surface area contributed by atoms with E-state index in [1.54, 1.807) is 18.3 Å². The van der Waals surface area contributed by atoms with Gasteiger partial charge in [-0.05, 0) is 12.1 Å². The number of hydrogen-bond donors (Lipinski definition) is 1. The largest absolute Gasteiger partial charge is 0.365 e. The molecule has 12 heavy (non-hydrogen) atoms. The standard InChI is InChI=1S/C7H6ClN3O/c8-11-4-10-5-2-1-3-9-6(5)7(11)12/h1-3,10H,4H2. The van der Waals surface area contributed by atoms with Gasteiger partial charge in [0.25, 0.3) is 5.91 Å². The van der Waals surface area contributed by atoms with Crippen LogP contribution in [0.25, 0.3) is 0 Å². The molecule has 1 aromatic heterocycles. The topological polar surface area (TPSA) is 45.2 Å². The number of hydrogen-bond acceptors (Lipinski definition) is 3. The summed E-state index contributed by atoms with van der Waals surface area (Å²) < 4.78 is 1.06. The Morgan fingerprint density at radius 1 is 1.67 bits per heavy atom. The van der Waals surface area contributed by atoms with Crippen molar-refractivity contribution < 1.29 is 4.79 Å². The van der Waals surface area contributed by atoms with E-state index in [1.165, 1.54) is 0 Å². The number of aromatic nitrogens is 1. The molecule has 0 atom stereocenters. The second kappa shape index (κ2) is 2.64. The summed E-state index contributed by atoms with van der Waals surface area (Å²) in [4.78, 5) is 15.2. The van der Waals surface area contributed by atoms with Crippen LogP contribution in [0, 0.1) is 0 Å². The van der Waals surface area contributed by atoms with Gasteiger partial charge in [-0.25, -0.2) is 9.40 Å². The van der Waals surface area contributed by atoms with Gasteiger partial charge in [0, 0.05) is 18.0 Å². The first kappa shape index (κ1) is 7.36. The van der Waals surface area contributed by atoms with Gasteiger partial charge in [-0.2, -0.15) is 0 Å². The van der Waals surface area contributed by atoms with Crippen molar-refractivity contribution in [3.8, 4) is 0 Å².